The van der Waals surface area contributed by atoms with Gasteiger partial charge in [-0.15, -0.1) is 0 Å². The smallest absolute Gasteiger partial charge is 0.332 e. The van der Waals surface area contributed by atoms with Gasteiger partial charge >= 0.3 is 5.69 Å². The zero-order valence-corrected chi connectivity index (χ0v) is 18.1. The Kier molecular flexibility index (Phi) is 6.18. The van der Waals surface area contributed by atoms with Crippen molar-refractivity contribution in [2.45, 2.75) is 13.0 Å². The number of hydrogen-bond acceptors (Lipinski definition) is 4. The van der Waals surface area contributed by atoms with Gasteiger partial charge in [-0.3, -0.25) is 18.7 Å². The molecule has 1 aliphatic heterocycles. The maximum absolute atomic E-state index is 13.1. The van der Waals surface area contributed by atoms with E-state index >= 15 is 0 Å². The van der Waals surface area contributed by atoms with Gasteiger partial charge < -0.3 is 10.6 Å². The molecule has 0 bridgehead atoms. The van der Waals surface area contributed by atoms with Crippen LogP contribution in [0.15, 0.2) is 76.3 Å². The van der Waals surface area contributed by atoms with Crippen molar-refractivity contribution in [3.05, 3.63) is 104 Å². The second-order valence-electron chi connectivity index (χ2n) is 8.13. The third-order valence-corrected chi connectivity index (χ3v) is 5.99. The summed E-state index contributed by atoms with van der Waals surface area (Å²) in [5.74, 6) is -0.402. The zero-order chi connectivity index (χ0) is 22.7. The molecule has 0 aliphatic carbocycles. The Morgan fingerprint density at radius 1 is 1.03 bits per heavy atom. The van der Waals surface area contributed by atoms with E-state index in [4.69, 9.17) is 5.73 Å². The lowest BCUT2D eigenvalue weighted by Crippen LogP contribution is -3.13. The van der Waals surface area contributed by atoms with Crippen molar-refractivity contribution < 1.29 is 9.69 Å². The van der Waals surface area contributed by atoms with Crippen LogP contribution >= 0.6 is 0 Å². The molecule has 1 aliphatic rings. The predicted octanol–water partition coefficient (Wildman–Crippen LogP) is 0.732. The van der Waals surface area contributed by atoms with Crippen molar-refractivity contribution in [3.8, 4) is 0 Å². The van der Waals surface area contributed by atoms with Crippen LogP contribution in [-0.4, -0.2) is 34.6 Å². The Morgan fingerprint density at radius 2 is 1.69 bits per heavy atom. The molecule has 0 fully saturated rings. The first-order chi connectivity index (χ1) is 15.5. The molecule has 164 valence electrons. The minimum Gasteiger partial charge on any atom is -0.384 e. The van der Waals surface area contributed by atoms with Crippen LogP contribution in [0, 0.1) is 0 Å². The van der Waals surface area contributed by atoms with Gasteiger partial charge in [0, 0.05) is 13.5 Å². The number of ketones is 1. The highest BCUT2D eigenvalue weighted by Crippen LogP contribution is 2.17. The molecule has 1 atom stereocenters. The minimum atomic E-state index is -0.640. The van der Waals surface area contributed by atoms with Crippen molar-refractivity contribution in [2.24, 2.45) is 7.05 Å². The first-order valence-corrected chi connectivity index (χ1v) is 10.7. The number of nitrogen functional groups attached to an aromatic ring is 1. The van der Waals surface area contributed by atoms with Gasteiger partial charge in [0.1, 0.15) is 17.9 Å². The number of carbonyl (C=O) groups excluding carboxylic acids is 1. The van der Waals surface area contributed by atoms with Gasteiger partial charge in [0.25, 0.3) is 5.56 Å². The molecule has 7 heteroatoms. The van der Waals surface area contributed by atoms with Gasteiger partial charge in [-0.1, -0.05) is 60.7 Å². The highest BCUT2D eigenvalue weighted by atomic mass is 16.2. The Hall–Kier alpha value is -3.71. The Labute approximate surface area is 186 Å². The molecule has 1 unspecified atom stereocenters. The Morgan fingerprint density at radius 3 is 2.31 bits per heavy atom. The summed E-state index contributed by atoms with van der Waals surface area (Å²) in [4.78, 5) is 39.6. The SMILES string of the molecule is Cn1c(=O)c(C(=O)C[NH+]2CC=C(c3ccccc3)CC2)c(N)n(Cc2ccccc2)c1=O. The van der Waals surface area contributed by atoms with Gasteiger partial charge in [-0.2, -0.15) is 0 Å². The minimum absolute atomic E-state index is 0.0659. The molecule has 0 saturated heterocycles. The van der Waals surface area contributed by atoms with Gasteiger partial charge in [0.15, 0.2) is 0 Å². The number of nitrogens with one attached hydrogen (secondary N) is 1. The van der Waals surface area contributed by atoms with E-state index in [1.807, 2.05) is 48.5 Å². The molecular formula is C25H27N4O3+. The summed E-state index contributed by atoms with van der Waals surface area (Å²) < 4.78 is 2.26. The second-order valence-corrected chi connectivity index (χ2v) is 8.13. The molecule has 2 heterocycles. The first-order valence-electron chi connectivity index (χ1n) is 10.7. The lowest BCUT2D eigenvalue weighted by atomic mass is 9.99. The van der Waals surface area contributed by atoms with Crippen LogP contribution in [0.1, 0.15) is 27.9 Å². The van der Waals surface area contributed by atoms with E-state index in [1.165, 1.54) is 22.8 Å². The average molecular weight is 432 g/mol. The number of nitrogens with zero attached hydrogens (tertiary/aromatic N) is 2. The number of carbonyl (C=O) groups is 1. The molecule has 32 heavy (non-hydrogen) atoms. The molecule has 3 N–H and O–H groups in total. The standard InChI is InChI=1S/C25H26N4O3/c1-27-24(31)22(23(26)29(25(27)32)16-18-8-4-2-5-9-18)21(30)17-28-14-12-20(13-15-28)19-10-6-3-7-11-19/h2-12H,13-17,26H2,1H3/p+1. The fourth-order valence-corrected chi connectivity index (χ4v) is 4.14. The summed E-state index contributed by atoms with van der Waals surface area (Å²) in [5, 5.41) is 0. The van der Waals surface area contributed by atoms with E-state index in [0.29, 0.717) is 6.54 Å². The van der Waals surface area contributed by atoms with Crippen LogP contribution in [0.3, 0.4) is 0 Å². The van der Waals surface area contributed by atoms with Crippen molar-refractivity contribution >= 4 is 17.2 Å². The van der Waals surface area contributed by atoms with Crippen molar-refractivity contribution in [1.29, 1.82) is 0 Å². The number of anilines is 1. The Bertz CT molecular complexity index is 1270. The van der Waals surface area contributed by atoms with E-state index < -0.39 is 11.2 Å². The van der Waals surface area contributed by atoms with Crippen LogP contribution in [-0.2, 0) is 13.6 Å². The molecule has 0 spiro atoms. The van der Waals surface area contributed by atoms with E-state index in [2.05, 4.69) is 18.2 Å². The van der Waals surface area contributed by atoms with Crippen molar-refractivity contribution in [1.82, 2.24) is 9.13 Å². The highest BCUT2D eigenvalue weighted by molar-refractivity contribution is 6.00. The molecule has 1 aromatic heterocycles. The quantitative estimate of drug-likeness (QED) is 0.563. The number of nitrogens with two attached hydrogens (primary N) is 1. The average Bonchev–Trinajstić information content (AvgIpc) is 2.82. The molecule has 0 saturated carbocycles. The fraction of sp³-hybridized carbons (Fsp3) is 0.240. The number of aromatic nitrogens is 2. The zero-order valence-electron chi connectivity index (χ0n) is 18.1. The summed E-state index contributed by atoms with van der Waals surface area (Å²) in [6.45, 7) is 1.83. The first kappa shape index (κ1) is 21.5. The van der Waals surface area contributed by atoms with Crippen molar-refractivity contribution in [3.63, 3.8) is 0 Å². The van der Waals surface area contributed by atoms with Crippen LogP contribution in [0.25, 0.3) is 5.57 Å². The largest absolute Gasteiger partial charge is 0.384 e. The van der Waals surface area contributed by atoms with Crippen LogP contribution in [0.5, 0.6) is 0 Å². The van der Waals surface area contributed by atoms with Crippen LogP contribution in [0.2, 0.25) is 0 Å². The summed E-state index contributed by atoms with van der Waals surface area (Å²) in [7, 11) is 1.38. The normalized spacial score (nSPS) is 15.9. The summed E-state index contributed by atoms with van der Waals surface area (Å²) in [6, 6.07) is 19.5. The number of Topliss-reactive ketones (excluding diaryl/α,β-unsaturated/α-hetero) is 1. The molecule has 3 aromatic rings. The van der Waals surface area contributed by atoms with Gasteiger partial charge in [-0.25, -0.2) is 4.79 Å². The molecule has 7 nitrogen and oxygen atoms in total. The van der Waals surface area contributed by atoms with Crippen LogP contribution < -0.4 is 21.9 Å². The highest BCUT2D eigenvalue weighted by Gasteiger charge is 2.26. The van der Waals surface area contributed by atoms with E-state index in [-0.39, 0.29) is 30.3 Å². The summed E-state index contributed by atoms with van der Waals surface area (Å²) >= 11 is 0. The van der Waals surface area contributed by atoms with Gasteiger partial charge in [0.05, 0.1) is 19.6 Å². The topological polar surface area (TPSA) is 91.5 Å². The third kappa shape index (κ3) is 4.33. The van der Waals surface area contributed by atoms with E-state index in [9.17, 15) is 14.4 Å². The number of rotatable bonds is 6. The summed E-state index contributed by atoms with van der Waals surface area (Å²) in [5.41, 5.74) is 8.27. The lowest BCUT2D eigenvalue weighted by molar-refractivity contribution is -0.886. The van der Waals surface area contributed by atoms with Crippen LogP contribution in [0.4, 0.5) is 5.82 Å². The molecular weight excluding hydrogens is 404 g/mol. The molecule has 4 rings (SSSR count). The molecule has 0 amide bonds. The number of hydrogen-bond donors (Lipinski definition) is 2. The van der Waals surface area contributed by atoms with Gasteiger partial charge in [0.2, 0.25) is 5.78 Å². The third-order valence-electron chi connectivity index (χ3n) is 5.99. The van der Waals surface area contributed by atoms with Crippen molar-refractivity contribution in [2.75, 3.05) is 25.4 Å². The maximum Gasteiger partial charge on any atom is 0.332 e. The fourth-order valence-electron chi connectivity index (χ4n) is 4.14. The Balaban J connectivity index is 1.57. The maximum atomic E-state index is 13.1. The molecule has 2 aromatic carbocycles. The monoisotopic (exact) mass is 431 g/mol. The number of quaternary nitrogens is 1. The lowest BCUT2D eigenvalue weighted by Gasteiger charge is -2.23. The predicted molar refractivity (Wildman–Crippen MR) is 125 cm³/mol. The van der Waals surface area contributed by atoms with E-state index in [0.717, 1.165) is 28.0 Å². The second kappa shape index (κ2) is 9.20. The van der Waals surface area contributed by atoms with E-state index in [1.54, 1.807) is 0 Å². The number of benzene rings is 2. The van der Waals surface area contributed by atoms with Gasteiger partial charge in [-0.05, 0) is 22.8 Å². The molecule has 0 radical (unpaired) electrons. The summed E-state index contributed by atoms with van der Waals surface area (Å²) in [6.07, 6.45) is 3.01.